The zero-order chi connectivity index (χ0) is 16.6. The van der Waals surface area contributed by atoms with Crippen molar-refractivity contribution in [1.82, 2.24) is 0 Å². The molecule has 24 heavy (non-hydrogen) atoms. The standard InChI is InChI=1S/C22H17NO/c23-16-21(19-11-5-2-6-12-19)15-20-13-7-8-14-22(20)24-17-18-9-3-1-4-10-18/h1-15H,17H2/b21-15-. The van der Waals surface area contributed by atoms with Crippen molar-refractivity contribution in [3.8, 4) is 11.8 Å². The van der Waals surface area contributed by atoms with Crippen molar-refractivity contribution in [3.05, 3.63) is 102 Å². The van der Waals surface area contributed by atoms with Crippen LogP contribution in [0.25, 0.3) is 11.6 Å². The number of rotatable bonds is 5. The zero-order valence-corrected chi connectivity index (χ0v) is 13.2. The van der Waals surface area contributed by atoms with Gasteiger partial charge in [0.05, 0.1) is 11.6 Å². The molecule has 2 heteroatoms. The summed E-state index contributed by atoms with van der Waals surface area (Å²) >= 11 is 0. The second-order valence-electron chi connectivity index (χ2n) is 5.35. The van der Waals surface area contributed by atoms with E-state index in [4.69, 9.17) is 4.74 Å². The average molecular weight is 311 g/mol. The van der Waals surface area contributed by atoms with E-state index in [0.29, 0.717) is 12.2 Å². The van der Waals surface area contributed by atoms with E-state index in [1.807, 2.05) is 91.0 Å². The Morgan fingerprint density at radius 2 is 1.46 bits per heavy atom. The normalized spacial score (nSPS) is 10.9. The summed E-state index contributed by atoms with van der Waals surface area (Å²) in [6.45, 7) is 0.499. The van der Waals surface area contributed by atoms with Gasteiger partial charge < -0.3 is 4.74 Å². The Morgan fingerprint density at radius 1 is 0.833 bits per heavy atom. The van der Waals surface area contributed by atoms with Crippen LogP contribution in [0.1, 0.15) is 16.7 Å². The number of benzene rings is 3. The predicted molar refractivity (Wildman–Crippen MR) is 97.1 cm³/mol. The van der Waals surface area contributed by atoms with Crippen LogP contribution in [0.5, 0.6) is 5.75 Å². The summed E-state index contributed by atoms with van der Waals surface area (Å²) in [5.74, 6) is 0.769. The van der Waals surface area contributed by atoms with Gasteiger partial charge in [0.15, 0.2) is 0 Å². The zero-order valence-electron chi connectivity index (χ0n) is 13.2. The quantitative estimate of drug-likeness (QED) is 0.471. The molecule has 0 amide bonds. The number of nitriles is 1. The third kappa shape index (κ3) is 3.91. The van der Waals surface area contributed by atoms with Crippen LogP contribution in [0, 0.1) is 11.3 Å². The highest BCUT2D eigenvalue weighted by Crippen LogP contribution is 2.25. The molecule has 0 atom stereocenters. The monoisotopic (exact) mass is 311 g/mol. The Hall–Kier alpha value is -3.31. The fourth-order valence-electron chi connectivity index (χ4n) is 2.42. The van der Waals surface area contributed by atoms with Gasteiger partial charge >= 0.3 is 0 Å². The molecule has 0 unspecified atom stereocenters. The number of allylic oxidation sites excluding steroid dienone is 1. The maximum absolute atomic E-state index is 9.48. The molecule has 0 heterocycles. The minimum Gasteiger partial charge on any atom is -0.488 e. The summed E-state index contributed by atoms with van der Waals surface area (Å²) in [6, 6.07) is 29.7. The lowest BCUT2D eigenvalue weighted by Gasteiger charge is -2.10. The molecule has 0 N–H and O–H groups in total. The fourth-order valence-corrected chi connectivity index (χ4v) is 2.42. The van der Waals surface area contributed by atoms with Crippen molar-refractivity contribution >= 4 is 11.6 Å². The third-order valence-corrected chi connectivity index (χ3v) is 3.66. The Balaban J connectivity index is 1.86. The summed E-state index contributed by atoms with van der Waals surface area (Å²) in [5.41, 5.74) is 3.53. The molecule has 3 aromatic carbocycles. The van der Waals surface area contributed by atoms with E-state index in [0.717, 1.165) is 22.4 Å². The van der Waals surface area contributed by atoms with Gasteiger partial charge in [0.1, 0.15) is 12.4 Å². The smallest absolute Gasteiger partial charge is 0.127 e. The molecule has 0 saturated heterocycles. The minimum absolute atomic E-state index is 0.499. The Morgan fingerprint density at radius 3 is 2.17 bits per heavy atom. The van der Waals surface area contributed by atoms with Crippen LogP contribution in [-0.2, 0) is 6.61 Å². The van der Waals surface area contributed by atoms with Crippen molar-refractivity contribution in [2.45, 2.75) is 6.61 Å². The van der Waals surface area contributed by atoms with E-state index in [1.165, 1.54) is 0 Å². The largest absolute Gasteiger partial charge is 0.488 e. The number of hydrogen-bond acceptors (Lipinski definition) is 2. The van der Waals surface area contributed by atoms with Crippen LogP contribution in [0.2, 0.25) is 0 Å². The lowest BCUT2D eigenvalue weighted by molar-refractivity contribution is 0.305. The van der Waals surface area contributed by atoms with E-state index < -0.39 is 0 Å². The molecular formula is C22H17NO. The second kappa shape index (κ2) is 7.80. The fraction of sp³-hybridized carbons (Fsp3) is 0.0455. The van der Waals surface area contributed by atoms with Crippen molar-refractivity contribution < 1.29 is 4.74 Å². The highest BCUT2D eigenvalue weighted by Gasteiger charge is 2.05. The predicted octanol–water partition coefficient (Wildman–Crippen LogP) is 5.33. The number of nitrogens with zero attached hydrogens (tertiary/aromatic N) is 1. The van der Waals surface area contributed by atoms with Crippen LogP contribution in [0.4, 0.5) is 0 Å². The average Bonchev–Trinajstić information content (AvgIpc) is 2.66. The lowest BCUT2D eigenvalue weighted by atomic mass is 10.0. The van der Waals surface area contributed by atoms with Crippen LogP contribution < -0.4 is 4.74 Å². The summed E-state index contributed by atoms with van der Waals surface area (Å²) in [4.78, 5) is 0. The molecule has 0 bridgehead atoms. The molecule has 0 spiro atoms. The lowest BCUT2D eigenvalue weighted by Crippen LogP contribution is -1.96. The Labute approximate surface area is 142 Å². The Kier molecular flexibility index (Phi) is 5.07. The van der Waals surface area contributed by atoms with Gasteiger partial charge in [-0.3, -0.25) is 0 Å². The summed E-state index contributed by atoms with van der Waals surface area (Å²) in [6.07, 6.45) is 1.87. The first-order chi connectivity index (χ1) is 11.9. The van der Waals surface area contributed by atoms with Crippen molar-refractivity contribution in [2.24, 2.45) is 0 Å². The molecular weight excluding hydrogens is 294 g/mol. The first-order valence-electron chi connectivity index (χ1n) is 7.80. The van der Waals surface area contributed by atoms with Gasteiger partial charge in [0, 0.05) is 5.56 Å². The van der Waals surface area contributed by atoms with Gasteiger partial charge in [-0.2, -0.15) is 5.26 Å². The second-order valence-corrected chi connectivity index (χ2v) is 5.35. The highest BCUT2D eigenvalue weighted by molar-refractivity contribution is 5.90. The minimum atomic E-state index is 0.499. The molecule has 0 radical (unpaired) electrons. The topological polar surface area (TPSA) is 33.0 Å². The molecule has 116 valence electrons. The summed E-state index contributed by atoms with van der Waals surface area (Å²) in [7, 11) is 0. The van der Waals surface area contributed by atoms with Gasteiger partial charge in [0.2, 0.25) is 0 Å². The highest BCUT2D eigenvalue weighted by atomic mass is 16.5. The van der Waals surface area contributed by atoms with Crippen LogP contribution >= 0.6 is 0 Å². The first-order valence-corrected chi connectivity index (χ1v) is 7.80. The molecule has 3 aromatic rings. The van der Waals surface area contributed by atoms with E-state index >= 15 is 0 Å². The number of hydrogen-bond donors (Lipinski definition) is 0. The molecule has 0 aliphatic heterocycles. The van der Waals surface area contributed by atoms with Crippen LogP contribution in [0.15, 0.2) is 84.9 Å². The molecule has 0 aliphatic rings. The third-order valence-electron chi connectivity index (χ3n) is 3.66. The van der Waals surface area contributed by atoms with Crippen molar-refractivity contribution in [1.29, 1.82) is 5.26 Å². The summed E-state index contributed by atoms with van der Waals surface area (Å²) in [5, 5.41) is 9.48. The van der Waals surface area contributed by atoms with Gasteiger partial charge in [-0.05, 0) is 23.3 Å². The van der Waals surface area contributed by atoms with Crippen molar-refractivity contribution in [2.75, 3.05) is 0 Å². The molecule has 0 aliphatic carbocycles. The molecule has 2 nitrogen and oxygen atoms in total. The van der Waals surface area contributed by atoms with E-state index in [1.54, 1.807) is 0 Å². The molecule has 0 saturated carbocycles. The van der Waals surface area contributed by atoms with E-state index in [2.05, 4.69) is 6.07 Å². The van der Waals surface area contributed by atoms with E-state index in [-0.39, 0.29) is 0 Å². The molecule has 0 aromatic heterocycles. The maximum atomic E-state index is 9.48. The van der Waals surface area contributed by atoms with Gasteiger partial charge in [-0.15, -0.1) is 0 Å². The van der Waals surface area contributed by atoms with Crippen LogP contribution in [0.3, 0.4) is 0 Å². The SMILES string of the molecule is N#C/C(=C/c1ccccc1OCc1ccccc1)c1ccccc1. The van der Waals surface area contributed by atoms with Gasteiger partial charge in [-0.25, -0.2) is 0 Å². The summed E-state index contributed by atoms with van der Waals surface area (Å²) < 4.78 is 5.95. The van der Waals surface area contributed by atoms with E-state index in [9.17, 15) is 5.26 Å². The number of para-hydroxylation sites is 1. The van der Waals surface area contributed by atoms with Gasteiger partial charge in [-0.1, -0.05) is 78.9 Å². The number of ether oxygens (including phenoxy) is 1. The molecule has 3 rings (SSSR count). The van der Waals surface area contributed by atoms with Crippen molar-refractivity contribution in [3.63, 3.8) is 0 Å². The van der Waals surface area contributed by atoms with Crippen LogP contribution in [-0.4, -0.2) is 0 Å². The van der Waals surface area contributed by atoms with Gasteiger partial charge in [0.25, 0.3) is 0 Å². The Bertz CT molecular complexity index is 861. The maximum Gasteiger partial charge on any atom is 0.127 e. The first kappa shape index (κ1) is 15.6. The molecule has 0 fully saturated rings.